The summed E-state index contributed by atoms with van der Waals surface area (Å²) in [7, 11) is 1.90. The second-order valence-corrected chi connectivity index (χ2v) is 5.16. The fourth-order valence-electron chi connectivity index (χ4n) is 1.57. The first-order chi connectivity index (χ1) is 8.83. The summed E-state index contributed by atoms with van der Waals surface area (Å²) in [6, 6.07) is 8.25. The molecule has 0 saturated heterocycles. The van der Waals surface area contributed by atoms with Crippen molar-refractivity contribution in [3.63, 3.8) is 0 Å². The van der Waals surface area contributed by atoms with Gasteiger partial charge in [0.25, 0.3) is 0 Å². The topological polar surface area (TPSA) is 51.0 Å². The monoisotopic (exact) mass is 263 g/mol. The first-order valence-electron chi connectivity index (χ1n) is 6.04. The second kappa shape index (κ2) is 6.56. The highest BCUT2D eigenvalue weighted by molar-refractivity contribution is 7.99. The predicted octanol–water partition coefficient (Wildman–Crippen LogP) is 2.61. The van der Waals surface area contributed by atoms with E-state index in [1.807, 2.05) is 30.9 Å². The van der Waals surface area contributed by atoms with Crippen molar-refractivity contribution in [1.82, 2.24) is 15.5 Å². The second-order valence-electron chi connectivity index (χ2n) is 3.82. The van der Waals surface area contributed by atoms with Gasteiger partial charge < -0.3 is 9.84 Å². The highest BCUT2D eigenvalue weighted by Gasteiger charge is 2.07. The average molecular weight is 263 g/mol. The molecule has 1 aromatic carbocycles. The van der Waals surface area contributed by atoms with Crippen LogP contribution in [0.1, 0.15) is 12.8 Å². The molecule has 0 saturated carbocycles. The molecule has 18 heavy (non-hydrogen) atoms. The maximum absolute atomic E-state index is 5.19. The van der Waals surface area contributed by atoms with E-state index in [2.05, 4.69) is 34.5 Å². The molecular weight excluding hydrogens is 246 g/mol. The lowest BCUT2D eigenvalue weighted by molar-refractivity contribution is 0.377. The average Bonchev–Trinajstić information content (AvgIpc) is 2.86. The summed E-state index contributed by atoms with van der Waals surface area (Å²) in [6.45, 7) is 2.99. The molecule has 0 radical (unpaired) electrons. The molecule has 0 aliphatic heterocycles. The molecule has 0 bridgehead atoms. The van der Waals surface area contributed by atoms with E-state index in [9.17, 15) is 0 Å². The van der Waals surface area contributed by atoms with Crippen molar-refractivity contribution in [3.8, 4) is 11.4 Å². The van der Waals surface area contributed by atoms with Crippen LogP contribution in [0, 0.1) is 0 Å². The summed E-state index contributed by atoms with van der Waals surface area (Å²) < 4.78 is 5.19. The number of nitrogens with zero attached hydrogens (tertiary/aromatic N) is 2. The number of nitrogens with one attached hydrogen (secondary N) is 1. The van der Waals surface area contributed by atoms with Gasteiger partial charge >= 0.3 is 0 Å². The summed E-state index contributed by atoms with van der Waals surface area (Å²) in [6.07, 6.45) is 0.757. The van der Waals surface area contributed by atoms with Crippen LogP contribution in [0.4, 0.5) is 0 Å². The molecule has 1 heterocycles. The van der Waals surface area contributed by atoms with Crippen molar-refractivity contribution in [1.29, 1.82) is 0 Å². The summed E-state index contributed by atoms with van der Waals surface area (Å²) in [5.74, 6) is 2.41. The molecule has 0 fully saturated rings. The van der Waals surface area contributed by atoms with Crippen LogP contribution in [0.25, 0.3) is 11.4 Å². The first-order valence-corrected chi connectivity index (χ1v) is 7.02. The Labute approximate surface area is 111 Å². The number of hydrogen-bond donors (Lipinski definition) is 1. The lowest BCUT2D eigenvalue weighted by Gasteiger charge is -1.98. The van der Waals surface area contributed by atoms with E-state index in [0.29, 0.717) is 11.7 Å². The summed E-state index contributed by atoms with van der Waals surface area (Å²) >= 11 is 1.82. The Hall–Kier alpha value is -1.33. The molecule has 0 aliphatic rings. The summed E-state index contributed by atoms with van der Waals surface area (Å²) in [4.78, 5) is 5.63. The lowest BCUT2D eigenvalue weighted by Crippen LogP contribution is -2.10. The third-order valence-corrected chi connectivity index (χ3v) is 3.37. The van der Waals surface area contributed by atoms with Crippen LogP contribution in [0.5, 0.6) is 0 Å². The Morgan fingerprint density at radius 2 is 2.06 bits per heavy atom. The van der Waals surface area contributed by atoms with Gasteiger partial charge in [-0.1, -0.05) is 12.1 Å². The highest BCUT2D eigenvalue weighted by Crippen LogP contribution is 2.22. The molecule has 1 aromatic heterocycles. The van der Waals surface area contributed by atoms with Crippen molar-refractivity contribution in [2.24, 2.45) is 0 Å². The maximum Gasteiger partial charge on any atom is 0.228 e. The molecule has 0 unspecified atom stereocenters. The third kappa shape index (κ3) is 3.34. The molecule has 0 atom stereocenters. The third-order valence-electron chi connectivity index (χ3n) is 2.48. The van der Waals surface area contributed by atoms with Crippen LogP contribution in [-0.4, -0.2) is 29.5 Å². The first kappa shape index (κ1) is 13.1. The van der Waals surface area contributed by atoms with Gasteiger partial charge in [0, 0.05) is 23.4 Å². The van der Waals surface area contributed by atoms with E-state index in [4.69, 9.17) is 4.52 Å². The number of thioether (sulfide) groups is 1. The van der Waals surface area contributed by atoms with Gasteiger partial charge in [-0.05, 0) is 37.1 Å². The minimum Gasteiger partial charge on any atom is -0.339 e. The van der Waals surface area contributed by atoms with Gasteiger partial charge in [0.15, 0.2) is 0 Å². The molecule has 0 amide bonds. The van der Waals surface area contributed by atoms with Crippen molar-refractivity contribution in [2.75, 3.05) is 19.3 Å². The van der Waals surface area contributed by atoms with Crippen LogP contribution in [-0.2, 0) is 6.42 Å². The number of hydrogen-bond acceptors (Lipinski definition) is 5. The predicted molar refractivity (Wildman–Crippen MR) is 73.8 cm³/mol. The summed E-state index contributed by atoms with van der Waals surface area (Å²) in [5.41, 5.74) is 0.995. The largest absolute Gasteiger partial charge is 0.339 e. The maximum atomic E-state index is 5.19. The molecular formula is C13H17N3OS. The van der Waals surface area contributed by atoms with E-state index in [0.717, 1.165) is 24.3 Å². The van der Waals surface area contributed by atoms with E-state index >= 15 is 0 Å². The van der Waals surface area contributed by atoms with E-state index in [1.54, 1.807) is 0 Å². The molecule has 0 spiro atoms. The van der Waals surface area contributed by atoms with E-state index < -0.39 is 0 Å². The molecule has 5 heteroatoms. The zero-order chi connectivity index (χ0) is 12.8. The molecule has 2 rings (SSSR count). The number of aromatic nitrogens is 2. The van der Waals surface area contributed by atoms with Crippen LogP contribution < -0.4 is 5.32 Å². The number of benzene rings is 1. The van der Waals surface area contributed by atoms with E-state index in [1.165, 1.54) is 4.90 Å². The highest BCUT2D eigenvalue weighted by atomic mass is 32.2. The number of rotatable bonds is 6. The van der Waals surface area contributed by atoms with Crippen LogP contribution in [0.3, 0.4) is 0 Å². The van der Waals surface area contributed by atoms with Crippen LogP contribution >= 0.6 is 11.8 Å². The van der Waals surface area contributed by atoms with Crippen molar-refractivity contribution in [3.05, 3.63) is 30.2 Å². The fourth-order valence-corrected chi connectivity index (χ4v) is 2.23. The van der Waals surface area contributed by atoms with Gasteiger partial charge in [0.2, 0.25) is 11.7 Å². The minimum atomic E-state index is 0.661. The van der Waals surface area contributed by atoms with Crippen molar-refractivity contribution >= 4 is 11.8 Å². The fraction of sp³-hybridized carbons (Fsp3) is 0.385. The van der Waals surface area contributed by atoms with Crippen LogP contribution in [0.2, 0.25) is 0 Å². The molecule has 0 aliphatic carbocycles. The summed E-state index contributed by atoms with van der Waals surface area (Å²) in [5, 5.41) is 7.05. The standard InChI is InChI=1S/C13H17N3OS/c1-3-18-11-6-4-10(5-7-11)13-15-12(17-16-13)8-9-14-2/h4-7,14H,3,8-9H2,1-2H3. The molecule has 4 nitrogen and oxygen atoms in total. The van der Waals surface area contributed by atoms with Gasteiger partial charge in [-0.3, -0.25) is 0 Å². The van der Waals surface area contributed by atoms with Gasteiger partial charge in [-0.15, -0.1) is 11.8 Å². The Bertz CT molecular complexity index is 481. The lowest BCUT2D eigenvalue weighted by atomic mass is 10.2. The Morgan fingerprint density at radius 3 is 2.72 bits per heavy atom. The Kier molecular flexibility index (Phi) is 4.78. The SMILES string of the molecule is CCSc1ccc(-c2noc(CCNC)n2)cc1. The quantitative estimate of drug-likeness (QED) is 0.812. The molecule has 1 N–H and O–H groups in total. The van der Waals surface area contributed by atoms with Crippen molar-refractivity contribution < 1.29 is 4.52 Å². The zero-order valence-electron chi connectivity index (χ0n) is 10.6. The van der Waals surface area contributed by atoms with E-state index in [-0.39, 0.29) is 0 Å². The van der Waals surface area contributed by atoms with Crippen LogP contribution in [0.15, 0.2) is 33.7 Å². The van der Waals surface area contributed by atoms with Gasteiger partial charge in [0.1, 0.15) is 0 Å². The van der Waals surface area contributed by atoms with Gasteiger partial charge in [0.05, 0.1) is 0 Å². The zero-order valence-corrected chi connectivity index (χ0v) is 11.5. The number of likely N-dealkylation sites (N-methyl/N-ethyl adjacent to an activating group) is 1. The van der Waals surface area contributed by atoms with Gasteiger partial charge in [-0.25, -0.2) is 0 Å². The van der Waals surface area contributed by atoms with Crippen molar-refractivity contribution in [2.45, 2.75) is 18.2 Å². The Balaban J connectivity index is 2.08. The molecule has 2 aromatic rings. The smallest absolute Gasteiger partial charge is 0.228 e. The molecule has 96 valence electrons. The minimum absolute atomic E-state index is 0.661. The normalized spacial score (nSPS) is 10.8. The van der Waals surface area contributed by atoms with Gasteiger partial charge in [-0.2, -0.15) is 4.98 Å². The Morgan fingerprint density at radius 1 is 1.28 bits per heavy atom.